The summed E-state index contributed by atoms with van der Waals surface area (Å²) in [5.74, 6) is -0.765. The van der Waals surface area contributed by atoms with Gasteiger partial charge >= 0.3 is 35.0 Å². The molecular weight excluding hydrogens is 859 g/mol. The number of fused-ring (bicyclic) bond motifs is 3. The van der Waals surface area contributed by atoms with E-state index < -0.39 is 92.7 Å². The number of aliphatic hydroxyl groups is 3. The lowest BCUT2D eigenvalue weighted by Crippen LogP contribution is -2.57. The number of carbonyl (C=O) groups is 3. The van der Waals surface area contributed by atoms with Gasteiger partial charge in [-0.25, -0.2) is 42.5 Å². The van der Waals surface area contributed by atoms with Crippen molar-refractivity contribution in [1.82, 2.24) is 13.7 Å². The van der Waals surface area contributed by atoms with Crippen molar-refractivity contribution in [2.75, 3.05) is 41.2 Å². The van der Waals surface area contributed by atoms with Crippen LogP contribution in [0.1, 0.15) is 31.1 Å². The fourth-order valence-corrected chi connectivity index (χ4v) is 7.39. The highest BCUT2D eigenvalue weighted by atomic mass is 16.6. The summed E-state index contributed by atoms with van der Waals surface area (Å²) in [6, 6.07) is 29.9. The molecule has 1 aromatic heterocycles. The summed E-state index contributed by atoms with van der Waals surface area (Å²) in [7, 11) is 4.51. The summed E-state index contributed by atoms with van der Waals surface area (Å²) in [6.45, 7) is -4.54. The topological polar surface area (TPSA) is 233 Å². The molecule has 18 nitrogen and oxygen atoms in total. The Morgan fingerprint density at radius 2 is 0.712 bits per heavy atom. The molecule has 0 aliphatic carbocycles. The molecule has 7 rings (SSSR count). The van der Waals surface area contributed by atoms with E-state index in [0.717, 1.165) is 0 Å². The molecule has 7 aromatic rings. The Morgan fingerprint density at radius 3 is 0.970 bits per heavy atom. The average Bonchev–Trinajstić information content (AvgIpc) is 3.34. The maximum atomic E-state index is 13.9. The van der Waals surface area contributed by atoms with E-state index in [1.54, 1.807) is 91.0 Å². The van der Waals surface area contributed by atoms with Gasteiger partial charge in [0.1, 0.15) is 55.4 Å². The molecule has 6 aromatic carbocycles. The Balaban J connectivity index is 1.10. The minimum absolute atomic E-state index is 0.168. The van der Waals surface area contributed by atoms with Gasteiger partial charge in [-0.2, -0.15) is 0 Å². The third-order valence-electron chi connectivity index (χ3n) is 10.7. The monoisotopic (exact) mass is 903 g/mol. The zero-order valence-electron chi connectivity index (χ0n) is 35.9. The lowest BCUT2D eigenvalue weighted by Gasteiger charge is -2.19. The van der Waals surface area contributed by atoms with Crippen LogP contribution >= 0.6 is 0 Å². The van der Waals surface area contributed by atoms with Gasteiger partial charge < -0.3 is 43.7 Å². The van der Waals surface area contributed by atoms with E-state index in [4.69, 9.17) is 28.4 Å². The summed E-state index contributed by atoms with van der Waals surface area (Å²) >= 11 is 0. The van der Waals surface area contributed by atoms with Crippen molar-refractivity contribution < 1.29 is 58.1 Å². The lowest BCUT2D eigenvalue weighted by molar-refractivity contribution is 0.0170. The van der Waals surface area contributed by atoms with Crippen LogP contribution in [0.5, 0.6) is 17.2 Å². The first kappa shape index (κ1) is 46.2. The largest absolute Gasteiger partial charge is 0.497 e. The van der Waals surface area contributed by atoms with Crippen LogP contribution < -0.4 is 31.3 Å². The fourth-order valence-electron chi connectivity index (χ4n) is 7.39. The first-order valence-electron chi connectivity index (χ1n) is 20.5. The van der Waals surface area contributed by atoms with Gasteiger partial charge in [0.2, 0.25) is 0 Å². The zero-order valence-corrected chi connectivity index (χ0v) is 35.9. The molecule has 18 heteroatoms. The van der Waals surface area contributed by atoms with Crippen LogP contribution in [-0.4, -0.2) is 106 Å². The molecule has 0 bridgehead atoms. The smallest absolute Gasteiger partial charge is 0.338 e. The lowest BCUT2D eigenvalue weighted by atomic mass is 10.0. The second-order valence-electron chi connectivity index (χ2n) is 15.1. The molecule has 0 aliphatic heterocycles. The van der Waals surface area contributed by atoms with Crippen molar-refractivity contribution in [2.24, 2.45) is 0 Å². The number of nitrogens with zero attached hydrogens (tertiary/aromatic N) is 3. The van der Waals surface area contributed by atoms with Crippen LogP contribution in [0.25, 0.3) is 32.3 Å². The van der Waals surface area contributed by atoms with Gasteiger partial charge in [-0.05, 0) is 105 Å². The van der Waals surface area contributed by atoms with Crippen LogP contribution in [0, 0.1) is 0 Å². The van der Waals surface area contributed by atoms with E-state index >= 15 is 0 Å². The maximum Gasteiger partial charge on any atom is 0.338 e. The summed E-state index contributed by atoms with van der Waals surface area (Å²) in [6.07, 6.45) is -5.06. The van der Waals surface area contributed by atoms with Gasteiger partial charge in [0.15, 0.2) is 0 Å². The highest BCUT2D eigenvalue weighted by molar-refractivity contribution is 6.06. The molecule has 0 radical (unpaired) electrons. The molecule has 0 spiro atoms. The van der Waals surface area contributed by atoms with Gasteiger partial charge in [0.25, 0.3) is 0 Å². The molecule has 0 saturated carbocycles. The quantitative estimate of drug-likeness (QED) is 0.0828. The SMILES string of the molecule is COc1ccc2c(C(=O)OCC(O)Cn3c(=O)n(CC(O)COC(=O)c4cccc5cc(OC)ccc45)c(=O)n(CC(O)COC(=O)c4cccc5cc(OC)ccc45)c3=O)cccc2c1. The van der Waals surface area contributed by atoms with Crippen LogP contribution in [0.15, 0.2) is 124 Å². The van der Waals surface area contributed by atoms with Crippen molar-refractivity contribution in [3.8, 4) is 17.2 Å². The molecule has 0 fully saturated rings. The fraction of sp³-hybridized carbons (Fsp3) is 0.250. The van der Waals surface area contributed by atoms with Gasteiger partial charge in [-0.3, -0.25) is 0 Å². The van der Waals surface area contributed by atoms with Gasteiger partial charge in [-0.15, -0.1) is 0 Å². The molecule has 3 atom stereocenters. The van der Waals surface area contributed by atoms with E-state index in [2.05, 4.69) is 0 Å². The Kier molecular flexibility index (Phi) is 14.3. The number of aromatic nitrogens is 3. The molecule has 1 heterocycles. The Morgan fingerprint density at radius 1 is 0.439 bits per heavy atom. The average molecular weight is 904 g/mol. The number of benzene rings is 6. The Hall–Kier alpha value is -7.80. The number of hydrogen-bond acceptors (Lipinski definition) is 15. The summed E-state index contributed by atoms with van der Waals surface area (Å²) < 4.78 is 33.3. The van der Waals surface area contributed by atoms with Crippen molar-refractivity contribution >= 4 is 50.2 Å². The molecule has 3 unspecified atom stereocenters. The highest BCUT2D eigenvalue weighted by Crippen LogP contribution is 2.27. The number of rotatable bonds is 18. The van der Waals surface area contributed by atoms with Gasteiger partial charge in [0, 0.05) is 0 Å². The standard InChI is InChI=1S/C48H45N3O15/c1-61-34-13-16-37-28(19-34)7-4-10-40(37)43(55)64-25-31(52)22-49-46(58)50(23-32(53)26-65-44(56)41-11-5-8-29-20-35(62-2)14-17-38(29)41)48(60)51(47(49)59)24-33(54)27-66-45(57)42-12-6-9-30-21-36(63-3)15-18-39(30)42/h4-21,31-33,52-54H,22-27H2,1-3H3. The van der Waals surface area contributed by atoms with Gasteiger partial charge in [0.05, 0.1) is 57.7 Å². The summed E-state index contributed by atoms with van der Waals surface area (Å²) in [5.41, 5.74) is -3.34. The van der Waals surface area contributed by atoms with Gasteiger partial charge in [-0.1, -0.05) is 36.4 Å². The summed E-state index contributed by atoms with van der Waals surface area (Å²) in [5, 5.41) is 36.8. The first-order chi connectivity index (χ1) is 31.8. The van der Waals surface area contributed by atoms with E-state index in [9.17, 15) is 44.1 Å². The zero-order chi connectivity index (χ0) is 47.1. The maximum absolute atomic E-state index is 13.9. The molecule has 3 N–H and O–H groups in total. The van der Waals surface area contributed by atoms with E-state index in [0.29, 0.717) is 63.3 Å². The first-order valence-corrected chi connectivity index (χ1v) is 20.5. The predicted molar refractivity (Wildman–Crippen MR) is 240 cm³/mol. The Bertz CT molecular complexity index is 2780. The number of ether oxygens (including phenoxy) is 6. The number of aliphatic hydroxyl groups excluding tert-OH is 3. The third-order valence-corrected chi connectivity index (χ3v) is 10.7. The van der Waals surface area contributed by atoms with E-state index in [-0.39, 0.29) is 16.7 Å². The van der Waals surface area contributed by atoms with E-state index in [1.165, 1.54) is 39.5 Å². The molecule has 342 valence electrons. The number of methoxy groups -OCH3 is 3. The number of carbonyl (C=O) groups excluding carboxylic acids is 3. The van der Waals surface area contributed by atoms with Crippen molar-refractivity contribution in [3.63, 3.8) is 0 Å². The van der Waals surface area contributed by atoms with Crippen molar-refractivity contribution in [1.29, 1.82) is 0 Å². The minimum Gasteiger partial charge on any atom is -0.497 e. The van der Waals surface area contributed by atoms with Crippen molar-refractivity contribution in [3.05, 3.63) is 157 Å². The second-order valence-corrected chi connectivity index (χ2v) is 15.1. The molecule has 0 saturated heterocycles. The second kappa shape index (κ2) is 20.4. The third kappa shape index (κ3) is 10.1. The minimum atomic E-state index is -1.69. The number of hydrogen-bond donors (Lipinski definition) is 3. The van der Waals surface area contributed by atoms with Crippen LogP contribution in [0.3, 0.4) is 0 Å². The van der Waals surface area contributed by atoms with Crippen LogP contribution in [0.2, 0.25) is 0 Å². The molecule has 0 amide bonds. The normalized spacial score (nSPS) is 12.6. The summed E-state index contributed by atoms with van der Waals surface area (Å²) in [4.78, 5) is 81.2. The number of esters is 3. The van der Waals surface area contributed by atoms with Crippen molar-refractivity contribution in [2.45, 2.75) is 37.9 Å². The van der Waals surface area contributed by atoms with E-state index in [1.807, 2.05) is 0 Å². The van der Waals surface area contributed by atoms with Crippen LogP contribution in [0.4, 0.5) is 0 Å². The van der Waals surface area contributed by atoms with Crippen LogP contribution in [-0.2, 0) is 33.8 Å². The molecular formula is C48H45N3O15. The Labute approximate surface area is 374 Å². The predicted octanol–water partition coefficient (Wildman–Crippen LogP) is 3.31. The molecule has 0 aliphatic rings. The highest BCUT2D eigenvalue weighted by Gasteiger charge is 2.24. The molecule has 66 heavy (non-hydrogen) atoms.